The zero-order chi connectivity index (χ0) is 20.4. The smallest absolute Gasteiger partial charge is 0.231 e. The number of rotatable bonds is 6. The molecule has 0 bridgehead atoms. The Morgan fingerprint density at radius 3 is 2.79 bits per heavy atom. The van der Waals surface area contributed by atoms with Crippen LogP contribution in [0.3, 0.4) is 0 Å². The molecule has 0 radical (unpaired) electrons. The molecule has 1 aromatic heterocycles. The number of aromatic nitrogens is 2. The summed E-state index contributed by atoms with van der Waals surface area (Å²) in [6.45, 7) is 4.50. The number of fused-ring (bicyclic) bond motifs is 1. The predicted molar refractivity (Wildman–Crippen MR) is 108 cm³/mol. The van der Waals surface area contributed by atoms with Crippen molar-refractivity contribution in [2.45, 2.75) is 26.9 Å². The molecule has 150 valence electrons. The summed E-state index contributed by atoms with van der Waals surface area (Å²) in [5.74, 6) is 2.04. The fraction of sp³-hybridized carbons (Fsp3) is 0.273. The zero-order valence-electron chi connectivity index (χ0n) is 16.7. The normalized spacial score (nSPS) is 12.1. The lowest BCUT2D eigenvalue weighted by atomic mass is 10.1. The summed E-state index contributed by atoms with van der Waals surface area (Å²) in [7, 11) is 1.88. The van der Waals surface area contributed by atoms with Crippen molar-refractivity contribution in [1.82, 2.24) is 9.78 Å². The number of amides is 1. The van der Waals surface area contributed by atoms with Gasteiger partial charge < -0.3 is 19.5 Å². The SMILES string of the molecule is Cc1nn(C)c(C)c1CC(=O)Nc1cccc(COc2ccc3c(c2)OCO3)c1. The molecule has 0 atom stereocenters. The van der Waals surface area contributed by atoms with Gasteiger partial charge in [0.25, 0.3) is 0 Å². The van der Waals surface area contributed by atoms with Crippen molar-refractivity contribution in [3.05, 3.63) is 65.0 Å². The Morgan fingerprint density at radius 1 is 1.17 bits per heavy atom. The highest BCUT2D eigenvalue weighted by molar-refractivity contribution is 5.92. The molecule has 1 aliphatic rings. The van der Waals surface area contributed by atoms with E-state index in [1.807, 2.05) is 63.4 Å². The van der Waals surface area contributed by atoms with Gasteiger partial charge in [-0.05, 0) is 43.7 Å². The zero-order valence-corrected chi connectivity index (χ0v) is 16.7. The number of carbonyl (C=O) groups is 1. The molecule has 0 saturated carbocycles. The van der Waals surface area contributed by atoms with E-state index >= 15 is 0 Å². The number of nitrogens with one attached hydrogen (secondary N) is 1. The van der Waals surface area contributed by atoms with Crippen LogP contribution in [-0.2, 0) is 24.9 Å². The molecule has 3 aromatic rings. The van der Waals surface area contributed by atoms with Gasteiger partial charge >= 0.3 is 0 Å². The first-order valence-corrected chi connectivity index (χ1v) is 9.40. The number of ether oxygens (including phenoxy) is 3. The number of nitrogens with zero attached hydrogens (tertiary/aromatic N) is 2. The number of anilines is 1. The predicted octanol–water partition coefficient (Wildman–Crippen LogP) is 3.53. The average Bonchev–Trinajstić information content (AvgIpc) is 3.26. The number of hydrogen-bond acceptors (Lipinski definition) is 5. The molecule has 7 heteroatoms. The van der Waals surface area contributed by atoms with Crippen LogP contribution in [0.5, 0.6) is 17.2 Å². The van der Waals surface area contributed by atoms with Gasteiger partial charge in [-0.2, -0.15) is 5.10 Å². The standard InChI is InChI=1S/C22H23N3O4/c1-14-19(15(2)25(3)24-14)11-22(26)23-17-6-4-5-16(9-17)12-27-18-7-8-20-21(10-18)29-13-28-20/h4-10H,11-13H2,1-3H3,(H,23,26). The van der Waals surface area contributed by atoms with Crippen LogP contribution in [0.2, 0.25) is 0 Å². The van der Waals surface area contributed by atoms with Gasteiger partial charge in [0.1, 0.15) is 12.4 Å². The van der Waals surface area contributed by atoms with E-state index in [-0.39, 0.29) is 12.7 Å². The Hall–Kier alpha value is -3.48. The van der Waals surface area contributed by atoms with Crippen LogP contribution < -0.4 is 19.5 Å². The van der Waals surface area contributed by atoms with Crippen molar-refractivity contribution >= 4 is 11.6 Å². The third-order valence-corrected chi connectivity index (χ3v) is 4.96. The minimum absolute atomic E-state index is 0.0713. The number of hydrogen-bond donors (Lipinski definition) is 1. The maximum Gasteiger partial charge on any atom is 0.231 e. The monoisotopic (exact) mass is 393 g/mol. The minimum Gasteiger partial charge on any atom is -0.489 e. The van der Waals surface area contributed by atoms with Crippen LogP contribution in [0.4, 0.5) is 5.69 Å². The second-order valence-electron chi connectivity index (χ2n) is 7.00. The first kappa shape index (κ1) is 18.9. The third-order valence-electron chi connectivity index (χ3n) is 4.96. The van der Waals surface area contributed by atoms with E-state index in [2.05, 4.69) is 10.4 Å². The second kappa shape index (κ2) is 7.87. The Balaban J connectivity index is 1.37. The molecule has 4 rings (SSSR count). The van der Waals surface area contributed by atoms with Crippen LogP contribution in [0.25, 0.3) is 0 Å². The minimum atomic E-state index is -0.0713. The van der Waals surface area contributed by atoms with Crippen molar-refractivity contribution in [2.24, 2.45) is 7.05 Å². The summed E-state index contributed by atoms with van der Waals surface area (Å²) < 4.78 is 18.3. The van der Waals surface area contributed by atoms with Crippen molar-refractivity contribution < 1.29 is 19.0 Å². The summed E-state index contributed by atoms with van der Waals surface area (Å²) >= 11 is 0. The lowest BCUT2D eigenvalue weighted by Crippen LogP contribution is -2.15. The molecule has 0 saturated heterocycles. The number of aryl methyl sites for hydroxylation is 2. The maximum absolute atomic E-state index is 12.5. The Labute approximate surface area is 169 Å². The highest BCUT2D eigenvalue weighted by Crippen LogP contribution is 2.35. The average molecular weight is 393 g/mol. The van der Waals surface area contributed by atoms with Crippen molar-refractivity contribution in [3.63, 3.8) is 0 Å². The van der Waals surface area contributed by atoms with Gasteiger partial charge in [-0.15, -0.1) is 0 Å². The lowest BCUT2D eigenvalue weighted by Gasteiger charge is -2.10. The fourth-order valence-electron chi connectivity index (χ4n) is 3.31. The molecule has 2 heterocycles. The molecule has 0 aliphatic carbocycles. The second-order valence-corrected chi connectivity index (χ2v) is 7.00. The first-order chi connectivity index (χ1) is 14.0. The first-order valence-electron chi connectivity index (χ1n) is 9.40. The molecule has 2 aromatic carbocycles. The molecule has 1 N–H and O–H groups in total. The number of carbonyl (C=O) groups excluding carboxylic acids is 1. The Morgan fingerprint density at radius 2 is 2.00 bits per heavy atom. The van der Waals surface area contributed by atoms with Crippen LogP contribution in [-0.4, -0.2) is 22.5 Å². The van der Waals surface area contributed by atoms with Crippen LogP contribution in [0.1, 0.15) is 22.5 Å². The van der Waals surface area contributed by atoms with Gasteiger partial charge in [0.2, 0.25) is 12.7 Å². The summed E-state index contributed by atoms with van der Waals surface area (Å²) in [5, 5.41) is 7.32. The molecule has 29 heavy (non-hydrogen) atoms. The number of benzene rings is 2. The van der Waals surface area contributed by atoms with Crippen LogP contribution in [0.15, 0.2) is 42.5 Å². The summed E-state index contributed by atoms with van der Waals surface area (Å²) in [4.78, 5) is 12.5. The summed E-state index contributed by atoms with van der Waals surface area (Å²) in [6.07, 6.45) is 0.295. The lowest BCUT2D eigenvalue weighted by molar-refractivity contribution is -0.115. The van der Waals surface area contributed by atoms with Gasteiger partial charge in [-0.1, -0.05) is 12.1 Å². The highest BCUT2D eigenvalue weighted by Gasteiger charge is 2.15. The van der Waals surface area contributed by atoms with E-state index in [9.17, 15) is 4.79 Å². The van der Waals surface area contributed by atoms with E-state index < -0.39 is 0 Å². The van der Waals surface area contributed by atoms with Gasteiger partial charge in [-0.25, -0.2) is 0 Å². The van der Waals surface area contributed by atoms with Gasteiger partial charge in [0.05, 0.1) is 12.1 Å². The molecular weight excluding hydrogens is 370 g/mol. The Kier molecular flexibility index (Phi) is 5.12. The van der Waals surface area contributed by atoms with Crippen LogP contribution >= 0.6 is 0 Å². The van der Waals surface area contributed by atoms with Gasteiger partial charge in [0.15, 0.2) is 11.5 Å². The molecule has 0 unspecified atom stereocenters. The van der Waals surface area contributed by atoms with E-state index in [4.69, 9.17) is 14.2 Å². The molecule has 0 fully saturated rings. The van der Waals surface area contributed by atoms with Crippen molar-refractivity contribution in [3.8, 4) is 17.2 Å². The van der Waals surface area contributed by atoms with Crippen molar-refractivity contribution in [1.29, 1.82) is 0 Å². The molecule has 7 nitrogen and oxygen atoms in total. The summed E-state index contributed by atoms with van der Waals surface area (Å²) in [6, 6.07) is 13.1. The topological polar surface area (TPSA) is 74.6 Å². The largest absolute Gasteiger partial charge is 0.489 e. The van der Waals surface area contributed by atoms with E-state index in [0.29, 0.717) is 24.5 Å². The quantitative estimate of drug-likeness (QED) is 0.694. The van der Waals surface area contributed by atoms with Crippen molar-refractivity contribution in [2.75, 3.05) is 12.1 Å². The van der Waals surface area contributed by atoms with E-state index in [1.54, 1.807) is 4.68 Å². The van der Waals surface area contributed by atoms with E-state index in [1.165, 1.54) is 0 Å². The van der Waals surface area contributed by atoms with Gasteiger partial charge in [-0.3, -0.25) is 9.48 Å². The third kappa shape index (κ3) is 4.18. The molecule has 0 spiro atoms. The molecule has 1 aliphatic heterocycles. The fourth-order valence-corrected chi connectivity index (χ4v) is 3.31. The van der Waals surface area contributed by atoms with E-state index in [0.717, 1.165) is 34.0 Å². The van der Waals surface area contributed by atoms with Crippen LogP contribution in [0, 0.1) is 13.8 Å². The van der Waals surface area contributed by atoms with Gasteiger partial charge in [0, 0.05) is 30.1 Å². The molecule has 1 amide bonds. The summed E-state index contributed by atoms with van der Waals surface area (Å²) in [5.41, 5.74) is 4.54. The highest BCUT2D eigenvalue weighted by atomic mass is 16.7. The Bertz CT molecular complexity index is 1060. The molecular formula is C22H23N3O4. The maximum atomic E-state index is 12.5.